The van der Waals surface area contributed by atoms with Gasteiger partial charge in [0, 0.05) is 46.6 Å². The largest absolute Gasteiger partial charge is 0.493 e. The predicted octanol–water partition coefficient (Wildman–Crippen LogP) is 4.13. The van der Waals surface area contributed by atoms with Gasteiger partial charge in [0.1, 0.15) is 0 Å². The highest BCUT2D eigenvalue weighted by Gasteiger charge is 2.18. The van der Waals surface area contributed by atoms with Crippen LogP contribution in [0.25, 0.3) is 0 Å². The van der Waals surface area contributed by atoms with Gasteiger partial charge in [0.25, 0.3) is 0 Å². The van der Waals surface area contributed by atoms with Crippen molar-refractivity contribution in [3.8, 4) is 11.5 Å². The van der Waals surface area contributed by atoms with Gasteiger partial charge in [-0.25, -0.2) is 0 Å². The fourth-order valence-electron chi connectivity index (χ4n) is 4.06. The van der Waals surface area contributed by atoms with Crippen molar-refractivity contribution in [1.82, 2.24) is 10.6 Å². The number of nitrogens with one attached hydrogen (secondary N) is 2. The lowest BCUT2D eigenvalue weighted by atomic mass is 10.0. The average Bonchev–Trinajstić information content (AvgIpc) is 3.32. The molecule has 2 N–H and O–H groups in total. The summed E-state index contributed by atoms with van der Waals surface area (Å²) in [5, 5.41) is 6.73. The molecule has 0 aromatic heterocycles. The van der Waals surface area contributed by atoms with Crippen molar-refractivity contribution in [2.75, 3.05) is 47.1 Å². The lowest BCUT2D eigenvalue weighted by molar-refractivity contribution is 0.0203. The second kappa shape index (κ2) is 15.6. The Kier molecular flexibility index (Phi) is 13.1. The Morgan fingerprint density at radius 2 is 1.88 bits per heavy atom. The summed E-state index contributed by atoms with van der Waals surface area (Å²) in [7, 11) is 3.48. The van der Waals surface area contributed by atoms with E-state index in [-0.39, 0.29) is 24.0 Å². The molecule has 0 amide bonds. The molecular formula is C24H40IN3O4. The zero-order valence-corrected chi connectivity index (χ0v) is 21.9. The van der Waals surface area contributed by atoms with E-state index in [1.54, 1.807) is 14.2 Å². The maximum atomic E-state index is 6.20. The van der Waals surface area contributed by atoms with Crippen molar-refractivity contribution in [1.29, 1.82) is 0 Å². The van der Waals surface area contributed by atoms with Crippen molar-refractivity contribution >= 4 is 29.9 Å². The molecule has 32 heavy (non-hydrogen) atoms. The topological polar surface area (TPSA) is 73.3 Å². The number of hydrogen-bond acceptors (Lipinski definition) is 5. The monoisotopic (exact) mass is 561 g/mol. The molecule has 0 unspecified atom stereocenters. The summed E-state index contributed by atoms with van der Waals surface area (Å²) in [6, 6.07) is 6.11. The van der Waals surface area contributed by atoms with Gasteiger partial charge in [-0.15, -0.1) is 24.0 Å². The van der Waals surface area contributed by atoms with E-state index in [1.165, 1.54) is 12.8 Å². The van der Waals surface area contributed by atoms with Crippen molar-refractivity contribution in [2.24, 2.45) is 10.9 Å². The fourth-order valence-corrected chi connectivity index (χ4v) is 4.06. The highest BCUT2D eigenvalue weighted by molar-refractivity contribution is 14.0. The first-order valence-electron chi connectivity index (χ1n) is 11.7. The third-order valence-corrected chi connectivity index (χ3v) is 5.96. The molecule has 0 bridgehead atoms. The van der Waals surface area contributed by atoms with Crippen LogP contribution in [0.1, 0.15) is 50.5 Å². The molecular weight excluding hydrogens is 521 g/mol. The quantitative estimate of drug-likeness (QED) is 0.183. The lowest BCUT2D eigenvalue weighted by Crippen LogP contribution is -2.37. The van der Waals surface area contributed by atoms with Gasteiger partial charge < -0.3 is 29.6 Å². The second-order valence-electron chi connectivity index (χ2n) is 8.35. The van der Waals surface area contributed by atoms with Crippen LogP contribution in [0.2, 0.25) is 0 Å². The summed E-state index contributed by atoms with van der Waals surface area (Å²) in [4.78, 5) is 4.32. The summed E-state index contributed by atoms with van der Waals surface area (Å²) < 4.78 is 22.9. The number of rotatable bonds is 11. The summed E-state index contributed by atoms with van der Waals surface area (Å²) in [5.74, 6) is 3.07. The van der Waals surface area contributed by atoms with E-state index < -0.39 is 0 Å². The highest BCUT2D eigenvalue weighted by Crippen LogP contribution is 2.32. The number of ether oxygens (including phenoxy) is 4. The van der Waals surface area contributed by atoms with Gasteiger partial charge in [-0.1, -0.05) is 6.07 Å². The molecule has 0 spiro atoms. The van der Waals surface area contributed by atoms with E-state index in [9.17, 15) is 0 Å². The van der Waals surface area contributed by atoms with Crippen molar-refractivity contribution < 1.29 is 18.9 Å². The van der Waals surface area contributed by atoms with E-state index in [4.69, 9.17) is 18.9 Å². The normalized spacial score (nSPS) is 17.6. The number of nitrogens with zero attached hydrogens (tertiary/aromatic N) is 1. The molecule has 1 heterocycles. The van der Waals surface area contributed by atoms with Gasteiger partial charge in [0.2, 0.25) is 0 Å². The molecule has 1 aromatic carbocycles. The summed E-state index contributed by atoms with van der Waals surface area (Å²) in [6.45, 7) is 4.86. The third-order valence-electron chi connectivity index (χ3n) is 5.96. The molecule has 182 valence electrons. The average molecular weight is 562 g/mol. The molecule has 0 radical (unpaired) electrons. The van der Waals surface area contributed by atoms with Gasteiger partial charge in [-0.2, -0.15) is 0 Å². The van der Waals surface area contributed by atoms with Crippen LogP contribution < -0.4 is 20.1 Å². The number of halogens is 1. The van der Waals surface area contributed by atoms with Gasteiger partial charge in [0.05, 0.1) is 13.2 Å². The predicted molar refractivity (Wildman–Crippen MR) is 138 cm³/mol. The Hall–Kier alpha value is -1.26. The Balaban J connectivity index is 0.00000363. The van der Waals surface area contributed by atoms with Crippen LogP contribution in [0.3, 0.4) is 0 Å². The number of hydrogen-bond donors (Lipinski definition) is 2. The van der Waals surface area contributed by atoms with Crippen LogP contribution in [-0.2, 0) is 16.0 Å². The molecule has 3 rings (SSSR count). The molecule has 1 aliphatic heterocycles. The molecule has 1 saturated carbocycles. The minimum Gasteiger partial charge on any atom is -0.493 e. The van der Waals surface area contributed by atoms with Gasteiger partial charge in [-0.3, -0.25) is 4.99 Å². The Labute approximate surface area is 210 Å². The van der Waals surface area contributed by atoms with Gasteiger partial charge in [0.15, 0.2) is 17.5 Å². The molecule has 2 fully saturated rings. The van der Waals surface area contributed by atoms with Crippen LogP contribution >= 0.6 is 24.0 Å². The molecule has 1 aromatic rings. The Morgan fingerprint density at radius 1 is 1.09 bits per heavy atom. The molecule has 7 nitrogen and oxygen atoms in total. The van der Waals surface area contributed by atoms with E-state index >= 15 is 0 Å². The maximum absolute atomic E-state index is 6.20. The molecule has 1 aliphatic carbocycles. The first kappa shape index (κ1) is 27.0. The van der Waals surface area contributed by atoms with Gasteiger partial charge in [-0.05, 0) is 68.6 Å². The van der Waals surface area contributed by atoms with E-state index in [0.717, 1.165) is 88.1 Å². The Morgan fingerprint density at radius 3 is 2.59 bits per heavy atom. The molecule has 1 saturated heterocycles. The number of methoxy groups -OCH3 is 1. The van der Waals surface area contributed by atoms with Crippen LogP contribution in [0.4, 0.5) is 0 Å². The number of benzene rings is 1. The van der Waals surface area contributed by atoms with Crippen molar-refractivity contribution in [3.63, 3.8) is 0 Å². The molecule has 2 aliphatic rings. The van der Waals surface area contributed by atoms with Crippen LogP contribution in [0, 0.1) is 5.92 Å². The molecule has 0 atom stereocenters. The van der Waals surface area contributed by atoms with Crippen molar-refractivity contribution in [2.45, 2.75) is 57.6 Å². The lowest BCUT2D eigenvalue weighted by Gasteiger charge is -2.21. The van der Waals surface area contributed by atoms with E-state index in [2.05, 4.69) is 27.8 Å². The fraction of sp³-hybridized carbons (Fsp3) is 0.708. The zero-order valence-electron chi connectivity index (χ0n) is 19.6. The zero-order chi connectivity index (χ0) is 21.7. The van der Waals surface area contributed by atoms with E-state index in [0.29, 0.717) is 18.6 Å². The first-order chi connectivity index (χ1) is 15.3. The Bertz CT molecular complexity index is 677. The summed E-state index contributed by atoms with van der Waals surface area (Å²) >= 11 is 0. The smallest absolute Gasteiger partial charge is 0.191 e. The minimum absolute atomic E-state index is 0. The second-order valence-corrected chi connectivity index (χ2v) is 8.35. The van der Waals surface area contributed by atoms with Crippen LogP contribution in [-0.4, -0.2) is 59.2 Å². The first-order valence-corrected chi connectivity index (χ1v) is 11.7. The SMILES string of the molecule is CN=C(NCCCOCC1CCOCC1)NCc1ccc(OC)c(OC2CCCC2)c1.I. The van der Waals surface area contributed by atoms with Crippen LogP contribution in [0.5, 0.6) is 11.5 Å². The summed E-state index contributed by atoms with van der Waals surface area (Å²) in [5.41, 5.74) is 1.14. The summed E-state index contributed by atoms with van der Waals surface area (Å²) in [6.07, 6.45) is 8.24. The number of guanidine groups is 1. The highest BCUT2D eigenvalue weighted by atomic mass is 127. The maximum Gasteiger partial charge on any atom is 0.191 e. The third kappa shape index (κ3) is 9.31. The van der Waals surface area contributed by atoms with Crippen LogP contribution in [0.15, 0.2) is 23.2 Å². The van der Waals surface area contributed by atoms with E-state index in [1.807, 2.05) is 6.07 Å². The molecule has 8 heteroatoms. The standard InChI is InChI=1S/C24H39N3O4.HI/c1-25-24(26-12-5-13-30-18-19-10-14-29-15-11-19)27-17-20-8-9-22(28-2)23(16-20)31-21-6-3-4-7-21;/h8-9,16,19,21H,3-7,10-15,17-18H2,1-2H3,(H2,25,26,27);1H. The minimum atomic E-state index is 0. The number of aliphatic imine (C=N–C) groups is 1. The van der Waals surface area contributed by atoms with Gasteiger partial charge >= 0.3 is 0 Å². The van der Waals surface area contributed by atoms with Crippen molar-refractivity contribution in [3.05, 3.63) is 23.8 Å².